The van der Waals surface area contributed by atoms with E-state index in [0.29, 0.717) is 6.04 Å². The lowest BCUT2D eigenvalue weighted by Gasteiger charge is -2.35. The van der Waals surface area contributed by atoms with Gasteiger partial charge in [0.05, 0.1) is 0 Å². The van der Waals surface area contributed by atoms with Gasteiger partial charge >= 0.3 is 0 Å². The van der Waals surface area contributed by atoms with E-state index < -0.39 is 0 Å². The Morgan fingerprint density at radius 1 is 1.27 bits per heavy atom. The highest BCUT2D eigenvalue weighted by molar-refractivity contribution is 4.93. The molecular formula is C13H26N2. The average Bonchev–Trinajstić information content (AvgIpc) is 2.87. The van der Waals surface area contributed by atoms with Crippen molar-refractivity contribution < 1.29 is 0 Å². The minimum absolute atomic E-state index is 0.138. The van der Waals surface area contributed by atoms with Gasteiger partial charge in [0.2, 0.25) is 0 Å². The van der Waals surface area contributed by atoms with E-state index in [1.165, 1.54) is 45.1 Å². The predicted octanol–water partition coefficient (Wildman–Crippen LogP) is 2.38. The Bertz CT molecular complexity index is 203. The molecule has 2 N–H and O–H groups in total. The van der Waals surface area contributed by atoms with Crippen LogP contribution in [0.1, 0.15) is 52.4 Å². The quantitative estimate of drug-likeness (QED) is 0.755. The molecule has 0 unspecified atom stereocenters. The molecule has 0 amide bonds. The number of hydrogen-bond donors (Lipinski definition) is 1. The monoisotopic (exact) mass is 210 g/mol. The molecule has 2 aliphatic carbocycles. The average molecular weight is 210 g/mol. The lowest BCUT2D eigenvalue weighted by Crippen LogP contribution is -2.50. The van der Waals surface area contributed by atoms with Gasteiger partial charge in [-0.15, -0.1) is 0 Å². The second-order valence-corrected chi connectivity index (χ2v) is 6.04. The molecule has 2 fully saturated rings. The van der Waals surface area contributed by atoms with E-state index in [4.69, 9.17) is 5.73 Å². The van der Waals surface area contributed by atoms with Gasteiger partial charge in [0.1, 0.15) is 0 Å². The van der Waals surface area contributed by atoms with Gasteiger partial charge in [-0.25, -0.2) is 0 Å². The first-order valence-corrected chi connectivity index (χ1v) is 6.62. The Hall–Kier alpha value is -0.0800. The normalized spacial score (nSPS) is 25.4. The summed E-state index contributed by atoms with van der Waals surface area (Å²) in [6.45, 7) is 7.03. The molecule has 0 radical (unpaired) electrons. The van der Waals surface area contributed by atoms with E-state index in [2.05, 4.69) is 18.7 Å². The standard InChI is InChI=1S/C13H26N2/c1-11(2)15(9-12-5-6-12)10-13(14)7-3-4-8-13/h11-12H,3-10,14H2,1-2H3. The fourth-order valence-electron chi connectivity index (χ4n) is 2.73. The summed E-state index contributed by atoms with van der Waals surface area (Å²) in [7, 11) is 0. The number of rotatable bonds is 5. The summed E-state index contributed by atoms with van der Waals surface area (Å²) < 4.78 is 0. The summed E-state index contributed by atoms with van der Waals surface area (Å²) in [5.41, 5.74) is 6.59. The number of nitrogens with zero attached hydrogens (tertiary/aromatic N) is 1. The summed E-state index contributed by atoms with van der Waals surface area (Å²) in [6.07, 6.45) is 8.04. The topological polar surface area (TPSA) is 29.3 Å². The van der Waals surface area contributed by atoms with Crippen molar-refractivity contribution in [3.63, 3.8) is 0 Å². The van der Waals surface area contributed by atoms with Crippen LogP contribution < -0.4 is 5.73 Å². The van der Waals surface area contributed by atoms with Crippen molar-refractivity contribution in [2.75, 3.05) is 13.1 Å². The van der Waals surface area contributed by atoms with E-state index in [1.54, 1.807) is 0 Å². The molecule has 0 aliphatic heterocycles. The van der Waals surface area contributed by atoms with E-state index >= 15 is 0 Å². The van der Waals surface area contributed by atoms with Gasteiger partial charge in [-0.3, -0.25) is 4.90 Å². The Kier molecular flexibility index (Phi) is 3.36. The molecule has 15 heavy (non-hydrogen) atoms. The lowest BCUT2D eigenvalue weighted by molar-refractivity contribution is 0.164. The number of hydrogen-bond acceptors (Lipinski definition) is 2. The molecule has 2 nitrogen and oxygen atoms in total. The highest BCUT2D eigenvalue weighted by atomic mass is 15.2. The second kappa shape index (κ2) is 4.42. The first kappa shape index (κ1) is 11.4. The van der Waals surface area contributed by atoms with Gasteiger partial charge in [0.15, 0.2) is 0 Å². The van der Waals surface area contributed by atoms with Gasteiger partial charge in [-0.2, -0.15) is 0 Å². The smallest absolute Gasteiger partial charge is 0.0283 e. The lowest BCUT2D eigenvalue weighted by atomic mass is 9.97. The number of nitrogens with two attached hydrogens (primary N) is 1. The van der Waals surface area contributed by atoms with Crippen molar-refractivity contribution in [1.82, 2.24) is 4.90 Å². The van der Waals surface area contributed by atoms with Crippen LogP contribution in [0.4, 0.5) is 0 Å². The van der Waals surface area contributed by atoms with Crippen LogP contribution in [0.25, 0.3) is 0 Å². The highest BCUT2D eigenvalue weighted by Gasteiger charge is 2.34. The maximum absolute atomic E-state index is 6.45. The Morgan fingerprint density at radius 3 is 2.33 bits per heavy atom. The minimum Gasteiger partial charge on any atom is -0.324 e. The maximum Gasteiger partial charge on any atom is 0.0283 e. The SMILES string of the molecule is CC(C)N(CC1CC1)CC1(N)CCCC1. The molecule has 2 rings (SSSR count). The Balaban J connectivity index is 1.86. The third-order valence-corrected chi connectivity index (χ3v) is 4.04. The molecule has 0 aromatic rings. The molecule has 0 aromatic heterocycles. The largest absolute Gasteiger partial charge is 0.324 e. The second-order valence-electron chi connectivity index (χ2n) is 6.04. The van der Waals surface area contributed by atoms with Crippen LogP contribution >= 0.6 is 0 Å². The van der Waals surface area contributed by atoms with Crippen molar-refractivity contribution in [3.8, 4) is 0 Å². The fraction of sp³-hybridized carbons (Fsp3) is 1.00. The molecule has 88 valence electrons. The van der Waals surface area contributed by atoms with Gasteiger partial charge in [-0.1, -0.05) is 12.8 Å². The molecule has 0 spiro atoms. The minimum atomic E-state index is 0.138. The van der Waals surface area contributed by atoms with E-state index in [0.717, 1.165) is 12.5 Å². The van der Waals surface area contributed by atoms with Gasteiger partial charge in [-0.05, 0) is 45.4 Å². The summed E-state index contributed by atoms with van der Waals surface area (Å²) in [5, 5.41) is 0. The molecule has 0 aromatic carbocycles. The summed E-state index contributed by atoms with van der Waals surface area (Å²) in [6, 6.07) is 0.659. The van der Waals surface area contributed by atoms with Gasteiger partial charge in [0.25, 0.3) is 0 Å². The molecule has 2 aliphatic rings. The van der Waals surface area contributed by atoms with Crippen molar-refractivity contribution in [1.29, 1.82) is 0 Å². The fourth-order valence-corrected chi connectivity index (χ4v) is 2.73. The van der Waals surface area contributed by atoms with E-state index in [-0.39, 0.29) is 5.54 Å². The van der Waals surface area contributed by atoms with Crippen molar-refractivity contribution in [3.05, 3.63) is 0 Å². The molecule has 2 heteroatoms. The zero-order valence-corrected chi connectivity index (χ0v) is 10.3. The van der Waals surface area contributed by atoms with Crippen molar-refractivity contribution in [2.24, 2.45) is 11.7 Å². The first-order chi connectivity index (χ1) is 7.09. The third kappa shape index (κ3) is 3.18. The third-order valence-electron chi connectivity index (χ3n) is 4.04. The van der Waals surface area contributed by atoms with Crippen LogP contribution in [0.15, 0.2) is 0 Å². The van der Waals surface area contributed by atoms with Gasteiger partial charge in [0, 0.05) is 24.7 Å². The molecule has 0 saturated heterocycles. The first-order valence-electron chi connectivity index (χ1n) is 6.62. The van der Waals surface area contributed by atoms with Crippen LogP contribution in [0.3, 0.4) is 0 Å². The molecule has 0 heterocycles. The highest BCUT2D eigenvalue weighted by Crippen LogP contribution is 2.33. The summed E-state index contributed by atoms with van der Waals surface area (Å²) in [5.74, 6) is 0.984. The van der Waals surface area contributed by atoms with E-state index in [9.17, 15) is 0 Å². The Labute approximate surface area is 94.2 Å². The summed E-state index contributed by atoms with van der Waals surface area (Å²) in [4.78, 5) is 2.61. The zero-order chi connectivity index (χ0) is 10.9. The molecule has 2 saturated carbocycles. The van der Waals surface area contributed by atoms with Crippen LogP contribution in [-0.2, 0) is 0 Å². The van der Waals surface area contributed by atoms with Crippen LogP contribution in [-0.4, -0.2) is 29.6 Å². The van der Waals surface area contributed by atoms with Crippen LogP contribution in [0.2, 0.25) is 0 Å². The van der Waals surface area contributed by atoms with Crippen LogP contribution in [0, 0.1) is 5.92 Å². The van der Waals surface area contributed by atoms with E-state index in [1.807, 2.05) is 0 Å². The predicted molar refractivity (Wildman–Crippen MR) is 64.8 cm³/mol. The maximum atomic E-state index is 6.45. The van der Waals surface area contributed by atoms with Gasteiger partial charge < -0.3 is 5.73 Å². The summed E-state index contributed by atoms with van der Waals surface area (Å²) >= 11 is 0. The van der Waals surface area contributed by atoms with Crippen LogP contribution in [0.5, 0.6) is 0 Å². The molecule has 0 atom stereocenters. The zero-order valence-electron chi connectivity index (χ0n) is 10.3. The Morgan fingerprint density at radius 2 is 1.87 bits per heavy atom. The van der Waals surface area contributed by atoms with Crippen molar-refractivity contribution >= 4 is 0 Å². The molecular weight excluding hydrogens is 184 g/mol. The molecule has 0 bridgehead atoms. The van der Waals surface area contributed by atoms with Crippen molar-refractivity contribution in [2.45, 2.75) is 64.0 Å².